The molecule has 90 valence electrons. The van der Waals surface area contributed by atoms with E-state index in [1.807, 2.05) is 12.5 Å². The van der Waals surface area contributed by atoms with Crippen molar-refractivity contribution in [1.29, 1.82) is 0 Å². The van der Waals surface area contributed by atoms with Crippen LogP contribution in [0.25, 0.3) is 0 Å². The lowest BCUT2D eigenvalue weighted by atomic mass is 10.00. The molecule has 1 N–H and O–H groups in total. The first-order chi connectivity index (χ1) is 7.92. The zero-order chi connectivity index (χ0) is 11.2. The summed E-state index contributed by atoms with van der Waals surface area (Å²) in [6.07, 6.45) is 3.84. The Hall–Kier alpha value is -0.910. The Labute approximate surface area is 95.8 Å². The van der Waals surface area contributed by atoms with Crippen LogP contribution < -0.4 is 5.32 Å². The Morgan fingerprint density at radius 3 is 3.00 bits per heavy atom. The fraction of sp³-hybridized carbons (Fsp3) is 0.727. The SMILES string of the molecule is COCCOCCn1cncc1C1CNC1. The van der Waals surface area contributed by atoms with E-state index in [4.69, 9.17) is 9.47 Å². The molecule has 1 aliphatic heterocycles. The van der Waals surface area contributed by atoms with Gasteiger partial charge in [-0.25, -0.2) is 4.98 Å². The van der Waals surface area contributed by atoms with Gasteiger partial charge in [0.1, 0.15) is 0 Å². The Balaban J connectivity index is 1.73. The Bertz CT molecular complexity index is 310. The Morgan fingerprint density at radius 2 is 2.31 bits per heavy atom. The lowest BCUT2D eigenvalue weighted by molar-refractivity contribution is 0.0661. The van der Waals surface area contributed by atoms with Gasteiger partial charge in [-0.1, -0.05) is 0 Å². The number of rotatable bonds is 7. The first-order valence-electron chi connectivity index (χ1n) is 5.69. The van der Waals surface area contributed by atoms with Gasteiger partial charge in [0.25, 0.3) is 0 Å². The minimum Gasteiger partial charge on any atom is -0.382 e. The molecular formula is C11H19N3O2. The molecule has 5 nitrogen and oxygen atoms in total. The molecule has 0 amide bonds. The number of nitrogens with one attached hydrogen (secondary N) is 1. The van der Waals surface area contributed by atoms with Crippen molar-refractivity contribution in [2.45, 2.75) is 12.5 Å². The Kier molecular flexibility index (Phi) is 4.33. The van der Waals surface area contributed by atoms with Crippen molar-refractivity contribution < 1.29 is 9.47 Å². The summed E-state index contributed by atoms with van der Waals surface area (Å²) >= 11 is 0. The summed E-state index contributed by atoms with van der Waals surface area (Å²) in [4.78, 5) is 4.20. The molecule has 0 aromatic carbocycles. The van der Waals surface area contributed by atoms with Crippen LogP contribution in [0.4, 0.5) is 0 Å². The number of imidazole rings is 1. The first-order valence-corrected chi connectivity index (χ1v) is 5.69. The van der Waals surface area contributed by atoms with Crippen molar-refractivity contribution in [2.24, 2.45) is 0 Å². The van der Waals surface area contributed by atoms with E-state index in [2.05, 4.69) is 14.9 Å². The van der Waals surface area contributed by atoms with E-state index in [9.17, 15) is 0 Å². The molecule has 2 rings (SSSR count). The van der Waals surface area contributed by atoms with Gasteiger partial charge in [-0.15, -0.1) is 0 Å². The van der Waals surface area contributed by atoms with Gasteiger partial charge in [-0.3, -0.25) is 0 Å². The monoisotopic (exact) mass is 225 g/mol. The lowest BCUT2D eigenvalue weighted by Gasteiger charge is -2.27. The molecule has 0 unspecified atom stereocenters. The molecule has 16 heavy (non-hydrogen) atoms. The van der Waals surface area contributed by atoms with Crippen LogP contribution in [0.3, 0.4) is 0 Å². The first kappa shape index (κ1) is 11.6. The fourth-order valence-corrected chi connectivity index (χ4v) is 1.76. The third-order valence-corrected chi connectivity index (χ3v) is 2.85. The molecule has 0 saturated carbocycles. The van der Waals surface area contributed by atoms with Crippen LogP contribution in [0.5, 0.6) is 0 Å². The van der Waals surface area contributed by atoms with Crippen LogP contribution in [0.1, 0.15) is 11.6 Å². The largest absolute Gasteiger partial charge is 0.382 e. The van der Waals surface area contributed by atoms with Gasteiger partial charge in [0.15, 0.2) is 0 Å². The van der Waals surface area contributed by atoms with Crippen LogP contribution in [0.15, 0.2) is 12.5 Å². The highest BCUT2D eigenvalue weighted by Crippen LogP contribution is 2.18. The molecule has 0 radical (unpaired) electrons. The van der Waals surface area contributed by atoms with Crippen molar-refractivity contribution >= 4 is 0 Å². The van der Waals surface area contributed by atoms with Crippen molar-refractivity contribution in [3.63, 3.8) is 0 Å². The van der Waals surface area contributed by atoms with Gasteiger partial charge in [0.05, 0.1) is 26.1 Å². The highest BCUT2D eigenvalue weighted by Gasteiger charge is 2.21. The Morgan fingerprint density at radius 1 is 1.44 bits per heavy atom. The van der Waals surface area contributed by atoms with Gasteiger partial charge in [-0.2, -0.15) is 0 Å². The number of ether oxygens (including phenoxy) is 2. The number of hydrogen-bond donors (Lipinski definition) is 1. The highest BCUT2D eigenvalue weighted by atomic mass is 16.5. The van der Waals surface area contributed by atoms with Crippen LogP contribution in [-0.4, -0.2) is 49.6 Å². The van der Waals surface area contributed by atoms with Crippen LogP contribution in [0.2, 0.25) is 0 Å². The van der Waals surface area contributed by atoms with Gasteiger partial charge in [0, 0.05) is 44.6 Å². The summed E-state index contributed by atoms with van der Waals surface area (Å²) in [7, 11) is 1.68. The second kappa shape index (κ2) is 5.98. The van der Waals surface area contributed by atoms with Gasteiger partial charge >= 0.3 is 0 Å². The average Bonchev–Trinajstić information content (AvgIpc) is 2.64. The summed E-state index contributed by atoms with van der Waals surface area (Å²) in [5.74, 6) is 0.626. The van der Waals surface area contributed by atoms with E-state index >= 15 is 0 Å². The maximum absolute atomic E-state index is 5.44. The summed E-state index contributed by atoms with van der Waals surface area (Å²) in [5.41, 5.74) is 1.31. The van der Waals surface area contributed by atoms with E-state index in [1.54, 1.807) is 7.11 Å². The van der Waals surface area contributed by atoms with E-state index in [1.165, 1.54) is 5.69 Å². The number of nitrogens with zero attached hydrogens (tertiary/aromatic N) is 2. The summed E-state index contributed by atoms with van der Waals surface area (Å²) in [6.45, 7) is 5.03. The fourth-order valence-electron chi connectivity index (χ4n) is 1.76. The molecule has 5 heteroatoms. The average molecular weight is 225 g/mol. The number of hydrogen-bond acceptors (Lipinski definition) is 4. The van der Waals surface area contributed by atoms with Crippen LogP contribution >= 0.6 is 0 Å². The summed E-state index contributed by atoms with van der Waals surface area (Å²) in [6, 6.07) is 0. The molecular weight excluding hydrogens is 206 g/mol. The summed E-state index contributed by atoms with van der Waals surface area (Å²) in [5, 5.41) is 3.27. The predicted molar refractivity (Wildman–Crippen MR) is 60.5 cm³/mol. The van der Waals surface area contributed by atoms with Gasteiger partial charge in [-0.05, 0) is 0 Å². The quantitative estimate of drug-likeness (QED) is 0.675. The molecule has 1 aliphatic rings. The molecule has 0 spiro atoms. The minimum absolute atomic E-state index is 0.626. The smallest absolute Gasteiger partial charge is 0.0949 e. The highest BCUT2D eigenvalue weighted by molar-refractivity contribution is 5.11. The molecule has 1 saturated heterocycles. The van der Waals surface area contributed by atoms with Crippen molar-refractivity contribution in [3.8, 4) is 0 Å². The standard InChI is InChI=1S/C11H19N3O2/c1-15-4-5-16-3-2-14-9-13-8-11(14)10-6-12-7-10/h8-10,12H,2-7H2,1H3. The topological polar surface area (TPSA) is 48.3 Å². The molecule has 0 bridgehead atoms. The lowest BCUT2D eigenvalue weighted by Crippen LogP contribution is -2.41. The summed E-state index contributed by atoms with van der Waals surface area (Å²) < 4.78 is 12.5. The third kappa shape index (κ3) is 2.81. The van der Waals surface area contributed by atoms with E-state index in [0.717, 1.165) is 19.6 Å². The third-order valence-electron chi connectivity index (χ3n) is 2.85. The second-order valence-corrected chi connectivity index (χ2v) is 3.97. The van der Waals surface area contributed by atoms with Crippen LogP contribution in [0, 0.1) is 0 Å². The maximum Gasteiger partial charge on any atom is 0.0949 e. The minimum atomic E-state index is 0.626. The zero-order valence-corrected chi connectivity index (χ0v) is 9.69. The maximum atomic E-state index is 5.44. The normalized spacial score (nSPS) is 16.3. The molecule has 1 aromatic heterocycles. The number of aromatic nitrogens is 2. The second-order valence-electron chi connectivity index (χ2n) is 3.97. The predicted octanol–water partition coefficient (Wildman–Crippen LogP) is 0.233. The van der Waals surface area contributed by atoms with E-state index in [0.29, 0.717) is 25.7 Å². The van der Waals surface area contributed by atoms with Crippen molar-refractivity contribution in [1.82, 2.24) is 14.9 Å². The zero-order valence-electron chi connectivity index (χ0n) is 9.69. The molecule has 1 aromatic rings. The molecule has 0 atom stereocenters. The van der Waals surface area contributed by atoms with E-state index in [-0.39, 0.29) is 0 Å². The van der Waals surface area contributed by atoms with Crippen LogP contribution in [-0.2, 0) is 16.0 Å². The van der Waals surface area contributed by atoms with Crippen molar-refractivity contribution in [2.75, 3.05) is 40.0 Å². The van der Waals surface area contributed by atoms with E-state index < -0.39 is 0 Å². The van der Waals surface area contributed by atoms with Gasteiger partial charge in [0.2, 0.25) is 0 Å². The molecule has 2 heterocycles. The number of methoxy groups -OCH3 is 1. The molecule has 0 aliphatic carbocycles. The van der Waals surface area contributed by atoms with Gasteiger partial charge < -0.3 is 19.4 Å². The van der Waals surface area contributed by atoms with Crippen molar-refractivity contribution in [3.05, 3.63) is 18.2 Å². The molecule has 1 fully saturated rings.